The molecule has 0 saturated carbocycles. The van der Waals surface area contributed by atoms with Crippen LogP contribution in [-0.2, 0) is 28.8 Å². The van der Waals surface area contributed by atoms with Gasteiger partial charge in [0.05, 0.1) is 38.6 Å². The Hall–Kier alpha value is -1.38. The van der Waals surface area contributed by atoms with Gasteiger partial charge in [0.15, 0.2) is 0 Å². The summed E-state index contributed by atoms with van der Waals surface area (Å²) in [5.74, 6) is -1.53. The maximum Gasteiger partial charge on any atom is 0.217 e. The molecule has 12 nitrogen and oxygen atoms in total. The molecule has 2 amide bonds. The van der Waals surface area contributed by atoms with E-state index in [4.69, 9.17) is 19.2 Å². The van der Waals surface area contributed by atoms with E-state index in [1.807, 2.05) is 0 Å². The molecule has 0 aromatic rings. The van der Waals surface area contributed by atoms with Gasteiger partial charge < -0.3 is 40.5 Å². The zero-order valence-corrected chi connectivity index (χ0v) is 16.4. The number of nitrogens with one attached hydrogen (secondary N) is 2. The fourth-order valence-electron chi connectivity index (χ4n) is 3.34. The van der Waals surface area contributed by atoms with E-state index in [9.17, 15) is 30.0 Å². The first kappa shape index (κ1) is 23.9. The van der Waals surface area contributed by atoms with E-state index in [1.54, 1.807) is 0 Å². The predicted molar refractivity (Wildman–Crippen MR) is 94.9 cm³/mol. The van der Waals surface area contributed by atoms with Gasteiger partial charge in [0, 0.05) is 26.2 Å². The van der Waals surface area contributed by atoms with Crippen LogP contribution in [0.4, 0.5) is 0 Å². The highest BCUT2D eigenvalue weighted by Gasteiger charge is 2.43. The molecule has 2 aliphatic heterocycles. The number of aliphatic hydroxyl groups is 4. The van der Waals surface area contributed by atoms with Crippen molar-refractivity contribution >= 4 is 11.8 Å². The highest BCUT2D eigenvalue weighted by Crippen LogP contribution is 2.24. The Balaban J connectivity index is 2.07. The maximum absolute atomic E-state index is 11.5. The monoisotopic (exact) mass is 422 g/mol. The molecule has 2 rings (SSSR count). The minimum Gasteiger partial charge on any atom is -0.396 e. The first-order chi connectivity index (χ1) is 13.8. The van der Waals surface area contributed by atoms with Crippen molar-refractivity contribution in [1.82, 2.24) is 10.6 Å². The summed E-state index contributed by atoms with van der Waals surface area (Å²) in [6.45, 7) is 1.84. The Morgan fingerprint density at radius 3 is 2.24 bits per heavy atom. The van der Waals surface area contributed by atoms with Crippen LogP contribution >= 0.6 is 0 Å². The van der Waals surface area contributed by atoms with Crippen molar-refractivity contribution < 1.29 is 49.3 Å². The molecule has 0 aromatic carbocycles. The summed E-state index contributed by atoms with van der Waals surface area (Å²) < 4.78 is 11.0. The van der Waals surface area contributed by atoms with E-state index in [2.05, 4.69) is 10.6 Å². The number of hydrogen-bond donors (Lipinski definition) is 6. The molecule has 0 spiro atoms. The number of amides is 2. The highest BCUT2D eigenvalue weighted by atomic mass is 17.2. The second-order valence-corrected chi connectivity index (χ2v) is 7.27. The van der Waals surface area contributed by atoms with Crippen molar-refractivity contribution in [3.05, 3.63) is 0 Å². The maximum atomic E-state index is 11.5. The van der Waals surface area contributed by atoms with E-state index >= 15 is 0 Å². The largest absolute Gasteiger partial charge is 0.396 e. The molecule has 2 heterocycles. The molecule has 6 N–H and O–H groups in total. The zero-order chi connectivity index (χ0) is 21.6. The summed E-state index contributed by atoms with van der Waals surface area (Å²) in [7, 11) is 0. The number of carbonyl (C=O) groups excluding carboxylic acids is 2. The lowest BCUT2D eigenvalue weighted by molar-refractivity contribution is -0.419. The minimum atomic E-state index is -1.49. The second-order valence-electron chi connectivity index (χ2n) is 7.27. The fourth-order valence-corrected chi connectivity index (χ4v) is 3.34. The van der Waals surface area contributed by atoms with E-state index < -0.39 is 55.2 Å². The average molecular weight is 422 g/mol. The Kier molecular flexibility index (Phi) is 9.17. The molecule has 2 aliphatic rings. The van der Waals surface area contributed by atoms with Gasteiger partial charge in [0.1, 0.15) is 24.4 Å². The summed E-state index contributed by atoms with van der Waals surface area (Å²) in [5, 5.41) is 44.6. The molecule has 0 bridgehead atoms. The first-order valence-electron chi connectivity index (χ1n) is 9.44. The number of hydrogen-bond acceptors (Lipinski definition) is 10. The van der Waals surface area contributed by atoms with Crippen molar-refractivity contribution in [3.8, 4) is 0 Å². The number of carbonyl (C=O) groups is 2. The van der Waals surface area contributed by atoms with Gasteiger partial charge in [-0.3, -0.25) is 9.59 Å². The molecule has 29 heavy (non-hydrogen) atoms. The van der Waals surface area contributed by atoms with E-state index in [-0.39, 0.29) is 38.2 Å². The zero-order valence-electron chi connectivity index (χ0n) is 16.4. The van der Waals surface area contributed by atoms with Crippen molar-refractivity contribution in [2.24, 2.45) is 5.92 Å². The van der Waals surface area contributed by atoms with E-state index in [1.165, 1.54) is 13.8 Å². The lowest BCUT2D eigenvalue weighted by Crippen LogP contribution is -2.56. The van der Waals surface area contributed by atoms with Crippen LogP contribution < -0.4 is 10.6 Å². The van der Waals surface area contributed by atoms with Crippen LogP contribution in [0.25, 0.3) is 0 Å². The predicted octanol–water partition coefficient (Wildman–Crippen LogP) is -3.22. The molecule has 0 radical (unpaired) electrons. The van der Waals surface area contributed by atoms with Crippen LogP contribution in [0.5, 0.6) is 0 Å². The summed E-state index contributed by atoms with van der Waals surface area (Å²) in [4.78, 5) is 33.5. The van der Waals surface area contributed by atoms with Crippen LogP contribution in [0.3, 0.4) is 0 Å². The summed E-state index contributed by atoms with van der Waals surface area (Å²) in [5.41, 5.74) is 0. The SMILES string of the molecule is CC(=O)NC1COC(CO)[C@@H](OO[C@@H]2OCC(CO)[C@@H](O)C(O)C2NC(C)=O)C1. The molecule has 2 saturated heterocycles. The normalized spacial score (nSPS) is 38.1. The van der Waals surface area contributed by atoms with Gasteiger partial charge in [-0.1, -0.05) is 0 Å². The Morgan fingerprint density at radius 2 is 1.66 bits per heavy atom. The fraction of sp³-hybridized carbons (Fsp3) is 0.882. The molecule has 5 unspecified atom stereocenters. The van der Waals surface area contributed by atoms with Crippen LogP contribution in [0.1, 0.15) is 20.3 Å². The number of aliphatic hydroxyl groups excluding tert-OH is 4. The van der Waals surface area contributed by atoms with Gasteiger partial charge in [-0.15, -0.1) is 0 Å². The Bertz CT molecular complexity index is 550. The lowest BCUT2D eigenvalue weighted by atomic mass is 9.96. The minimum absolute atomic E-state index is 0.155. The smallest absolute Gasteiger partial charge is 0.217 e. The Morgan fingerprint density at radius 1 is 0.966 bits per heavy atom. The van der Waals surface area contributed by atoms with Crippen LogP contribution in [0, 0.1) is 5.92 Å². The third-order valence-electron chi connectivity index (χ3n) is 4.88. The van der Waals surface area contributed by atoms with Crippen molar-refractivity contribution in [3.63, 3.8) is 0 Å². The Labute approximate surface area is 168 Å². The van der Waals surface area contributed by atoms with Gasteiger partial charge in [0.25, 0.3) is 0 Å². The van der Waals surface area contributed by atoms with Crippen LogP contribution in [-0.4, -0.2) is 101 Å². The second kappa shape index (κ2) is 11.1. The standard InChI is InChI=1S/C17H30N2O10/c1-8(22)18-11-3-12(13(5-21)26-7-11)28-29-17-14(19-9(2)23)16(25)15(24)10(4-20)6-27-17/h10-17,20-21,24-25H,3-7H2,1-2H3,(H,18,22)(H,19,23)/t10?,11?,12-,13?,14?,15+,16?,17-/m0/s1. The van der Waals surface area contributed by atoms with Gasteiger partial charge in [0.2, 0.25) is 18.1 Å². The molecule has 0 aromatic heterocycles. The topological polar surface area (TPSA) is 176 Å². The van der Waals surface area contributed by atoms with Crippen molar-refractivity contribution in [2.75, 3.05) is 26.4 Å². The van der Waals surface area contributed by atoms with Crippen molar-refractivity contribution in [1.29, 1.82) is 0 Å². The summed E-state index contributed by atoms with van der Waals surface area (Å²) in [6.07, 6.45) is -5.36. The third-order valence-corrected chi connectivity index (χ3v) is 4.88. The molecular weight excluding hydrogens is 392 g/mol. The third kappa shape index (κ3) is 6.55. The highest BCUT2D eigenvalue weighted by molar-refractivity contribution is 5.73. The average Bonchev–Trinajstić information content (AvgIpc) is 2.77. The number of ether oxygens (including phenoxy) is 2. The van der Waals surface area contributed by atoms with E-state index in [0.29, 0.717) is 0 Å². The quantitative estimate of drug-likeness (QED) is 0.181. The molecule has 0 aliphatic carbocycles. The summed E-state index contributed by atoms with van der Waals surface area (Å²) >= 11 is 0. The molecule has 2 fully saturated rings. The van der Waals surface area contributed by atoms with Crippen LogP contribution in [0.2, 0.25) is 0 Å². The van der Waals surface area contributed by atoms with Gasteiger partial charge >= 0.3 is 0 Å². The van der Waals surface area contributed by atoms with Crippen molar-refractivity contribution in [2.45, 2.75) is 63.1 Å². The molecular formula is C17H30N2O10. The molecule has 8 atom stereocenters. The van der Waals surface area contributed by atoms with E-state index in [0.717, 1.165) is 0 Å². The van der Waals surface area contributed by atoms with Gasteiger partial charge in [-0.05, 0) is 0 Å². The molecule has 12 heteroatoms. The summed E-state index contributed by atoms with van der Waals surface area (Å²) in [6, 6.07) is -1.53. The van der Waals surface area contributed by atoms with Gasteiger partial charge in [-0.25, -0.2) is 9.78 Å². The van der Waals surface area contributed by atoms with Gasteiger partial charge in [-0.2, -0.15) is 0 Å². The first-order valence-corrected chi connectivity index (χ1v) is 9.44. The van der Waals surface area contributed by atoms with Crippen LogP contribution in [0.15, 0.2) is 0 Å². The lowest BCUT2D eigenvalue weighted by Gasteiger charge is -2.36. The molecule has 168 valence electrons. The number of rotatable bonds is 7.